The highest BCUT2D eigenvalue weighted by atomic mass is 32.1. The van der Waals surface area contributed by atoms with Crippen molar-refractivity contribution < 1.29 is 0 Å². The van der Waals surface area contributed by atoms with Crippen molar-refractivity contribution in [1.29, 1.82) is 0 Å². The molecule has 7 rings (SSSR count). The number of benzene rings is 6. The summed E-state index contributed by atoms with van der Waals surface area (Å²) < 4.78 is 2.70. The van der Waals surface area contributed by atoms with Crippen LogP contribution < -0.4 is 0 Å². The molecule has 0 aliphatic heterocycles. The largest absolute Gasteiger partial charge is 0.135 e. The van der Waals surface area contributed by atoms with E-state index in [1.807, 2.05) is 11.3 Å². The molecule has 0 unspecified atom stereocenters. The smallest absolute Gasteiger partial charge is 0.0434 e. The number of hydrogen-bond donors (Lipinski definition) is 0. The summed E-state index contributed by atoms with van der Waals surface area (Å²) in [6, 6.07) is 44.2. The van der Waals surface area contributed by atoms with Gasteiger partial charge in [-0.15, -0.1) is 11.3 Å². The molecule has 0 spiro atoms. The van der Waals surface area contributed by atoms with Gasteiger partial charge >= 0.3 is 0 Å². The Labute approximate surface area is 196 Å². The quantitative estimate of drug-likeness (QED) is 0.237. The van der Waals surface area contributed by atoms with Crippen molar-refractivity contribution >= 4 is 53.1 Å². The van der Waals surface area contributed by atoms with Crippen LogP contribution in [-0.2, 0) is 0 Å². The van der Waals surface area contributed by atoms with Crippen molar-refractivity contribution in [3.63, 3.8) is 0 Å². The molecule has 0 saturated carbocycles. The molecule has 0 fully saturated rings. The molecule has 0 aliphatic carbocycles. The van der Waals surface area contributed by atoms with E-state index in [1.165, 1.54) is 64.0 Å². The third-order valence-corrected chi connectivity index (χ3v) is 7.90. The Kier molecular flexibility index (Phi) is 4.12. The summed E-state index contributed by atoms with van der Waals surface area (Å²) in [6.45, 7) is 0. The number of rotatable bonds is 2. The lowest BCUT2D eigenvalue weighted by Crippen LogP contribution is -1.88. The Morgan fingerprint density at radius 3 is 1.79 bits per heavy atom. The van der Waals surface area contributed by atoms with Gasteiger partial charge in [0, 0.05) is 25.7 Å². The van der Waals surface area contributed by atoms with E-state index >= 15 is 0 Å². The van der Waals surface area contributed by atoms with Crippen molar-refractivity contribution in [2.75, 3.05) is 0 Å². The van der Waals surface area contributed by atoms with Gasteiger partial charge in [0.15, 0.2) is 0 Å². The first-order valence-electron chi connectivity index (χ1n) is 11.3. The predicted octanol–water partition coefficient (Wildman–Crippen LogP) is 9.69. The maximum Gasteiger partial charge on any atom is 0.0434 e. The van der Waals surface area contributed by atoms with Crippen LogP contribution in [0.4, 0.5) is 0 Å². The second-order valence-corrected chi connectivity index (χ2v) is 9.57. The summed E-state index contributed by atoms with van der Waals surface area (Å²) in [5, 5.41) is 7.87. The highest BCUT2D eigenvalue weighted by Gasteiger charge is 2.16. The first-order valence-corrected chi connectivity index (χ1v) is 12.1. The van der Waals surface area contributed by atoms with Crippen LogP contribution in [0.1, 0.15) is 0 Å². The van der Waals surface area contributed by atoms with Crippen LogP contribution in [-0.4, -0.2) is 0 Å². The molecule has 0 atom stereocenters. The van der Waals surface area contributed by atoms with Gasteiger partial charge < -0.3 is 0 Å². The van der Waals surface area contributed by atoms with Crippen molar-refractivity contribution in [2.45, 2.75) is 0 Å². The first-order chi connectivity index (χ1) is 16.4. The van der Waals surface area contributed by atoms with Crippen LogP contribution in [0.2, 0.25) is 0 Å². The fraction of sp³-hybridized carbons (Fsp3) is 0. The summed E-state index contributed by atoms with van der Waals surface area (Å²) in [5.74, 6) is 0. The van der Waals surface area contributed by atoms with Gasteiger partial charge in [-0.05, 0) is 50.4 Å². The van der Waals surface area contributed by atoms with Gasteiger partial charge in [-0.25, -0.2) is 0 Å². The van der Waals surface area contributed by atoms with Gasteiger partial charge in [0.2, 0.25) is 0 Å². The Hall–Kier alpha value is -3.94. The molecule has 7 aromatic rings. The van der Waals surface area contributed by atoms with E-state index in [0.717, 1.165) is 0 Å². The van der Waals surface area contributed by atoms with Gasteiger partial charge in [0.1, 0.15) is 0 Å². The zero-order chi connectivity index (χ0) is 21.8. The van der Waals surface area contributed by atoms with Crippen molar-refractivity contribution in [3.8, 4) is 22.3 Å². The molecular weight excluding hydrogens is 416 g/mol. The molecule has 0 nitrogen and oxygen atoms in total. The van der Waals surface area contributed by atoms with Crippen LogP contribution in [0, 0.1) is 0 Å². The average Bonchev–Trinajstić information content (AvgIpc) is 3.27. The van der Waals surface area contributed by atoms with Crippen molar-refractivity contribution in [1.82, 2.24) is 0 Å². The fourth-order valence-electron chi connectivity index (χ4n) is 5.19. The molecule has 0 N–H and O–H groups in total. The zero-order valence-corrected chi connectivity index (χ0v) is 18.8. The third kappa shape index (κ3) is 2.83. The van der Waals surface area contributed by atoms with E-state index in [1.54, 1.807) is 0 Å². The second-order valence-electron chi connectivity index (χ2n) is 8.52. The molecule has 0 saturated heterocycles. The average molecular weight is 437 g/mol. The topological polar surface area (TPSA) is 0 Å². The minimum atomic E-state index is 1.28. The maximum atomic E-state index is 2.36. The SMILES string of the molecule is c1ccc(-c2cccc3c2sc2ccccc23)c(-c2cc3ccccc3c3ccccc23)c1. The summed E-state index contributed by atoms with van der Waals surface area (Å²) in [4.78, 5) is 0. The number of hydrogen-bond acceptors (Lipinski definition) is 1. The molecular formula is C32H20S. The van der Waals surface area contributed by atoms with E-state index in [2.05, 4.69) is 121 Å². The first kappa shape index (κ1) is 18.6. The summed E-state index contributed by atoms with van der Waals surface area (Å²) in [5.41, 5.74) is 5.17. The Bertz CT molecular complexity index is 1820. The minimum Gasteiger partial charge on any atom is -0.135 e. The minimum absolute atomic E-state index is 1.28. The van der Waals surface area contributed by atoms with Crippen molar-refractivity contribution in [3.05, 3.63) is 121 Å². The van der Waals surface area contributed by atoms with Crippen LogP contribution in [0.5, 0.6) is 0 Å². The van der Waals surface area contributed by atoms with E-state index in [9.17, 15) is 0 Å². The summed E-state index contributed by atoms with van der Waals surface area (Å²) in [6.07, 6.45) is 0. The molecule has 0 aliphatic rings. The third-order valence-electron chi connectivity index (χ3n) is 6.68. The summed E-state index contributed by atoms with van der Waals surface area (Å²) >= 11 is 1.89. The van der Waals surface area contributed by atoms with Gasteiger partial charge in [0.25, 0.3) is 0 Å². The van der Waals surface area contributed by atoms with Gasteiger partial charge in [-0.1, -0.05) is 109 Å². The lowest BCUT2D eigenvalue weighted by Gasteiger charge is -2.15. The molecule has 1 aromatic heterocycles. The Morgan fingerprint density at radius 2 is 0.939 bits per heavy atom. The van der Waals surface area contributed by atoms with Gasteiger partial charge in [0.05, 0.1) is 0 Å². The molecule has 0 bridgehead atoms. The lowest BCUT2D eigenvalue weighted by molar-refractivity contribution is 1.64. The monoisotopic (exact) mass is 436 g/mol. The maximum absolute atomic E-state index is 2.36. The molecule has 154 valence electrons. The van der Waals surface area contributed by atoms with E-state index in [-0.39, 0.29) is 0 Å². The van der Waals surface area contributed by atoms with Crippen LogP contribution in [0.15, 0.2) is 121 Å². The van der Waals surface area contributed by atoms with Crippen LogP contribution >= 0.6 is 11.3 Å². The van der Waals surface area contributed by atoms with E-state index < -0.39 is 0 Å². The molecule has 6 aromatic carbocycles. The van der Waals surface area contributed by atoms with E-state index in [4.69, 9.17) is 0 Å². The highest BCUT2D eigenvalue weighted by molar-refractivity contribution is 7.26. The molecule has 33 heavy (non-hydrogen) atoms. The molecule has 1 heteroatoms. The van der Waals surface area contributed by atoms with Gasteiger partial charge in [-0.3, -0.25) is 0 Å². The fourth-order valence-corrected chi connectivity index (χ4v) is 6.42. The standard InChI is InChI=1S/C32H20S/c1-2-11-22-21(10-1)20-30(25-14-5-3-12-23(22)25)26-15-6-4-13-24(26)28-17-9-18-29-27-16-7-8-19-31(27)33-32(28)29/h1-20H. The zero-order valence-electron chi connectivity index (χ0n) is 18.0. The Morgan fingerprint density at radius 1 is 0.364 bits per heavy atom. The van der Waals surface area contributed by atoms with Gasteiger partial charge in [-0.2, -0.15) is 0 Å². The highest BCUT2D eigenvalue weighted by Crippen LogP contribution is 2.44. The lowest BCUT2D eigenvalue weighted by atomic mass is 9.89. The van der Waals surface area contributed by atoms with Crippen LogP contribution in [0.25, 0.3) is 64.0 Å². The number of thiophene rings is 1. The van der Waals surface area contributed by atoms with Crippen molar-refractivity contribution in [2.24, 2.45) is 0 Å². The molecule has 0 amide bonds. The molecule has 1 heterocycles. The second kappa shape index (κ2) is 7.30. The predicted molar refractivity (Wildman–Crippen MR) is 145 cm³/mol. The molecule has 0 radical (unpaired) electrons. The van der Waals surface area contributed by atoms with E-state index in [0.29, 0.717) is 0 Å². The normalized spacial score (nSPS) is 11.6. The summed E-state index contributed by atoms with van der Waals surface area (Å²) in [7, 11) is 0. The van der Waals surface area contributed by atoms with Crippen LogP contribution in [0.3, 0.4) is 0 Å². The number of fused-ring (bicyclic) bond motifs is 6. The Balaban J connectivity index is 1.57.